The number of hydrogen-bond acceptors (Lipinski definition) is 2. The van der Waals surface area contributed by atoms with Crippen LogP contribution in [0.15, 0.2) is 66.9 Å². The molecule has 0 N–H and O–H groups in total. The minimum absolute atomic E-state index is 0.551. The average molecular weight is 327 g/mol. The molecule has 124 valence electrons. The fourth-order valence-electron chi connectivity index (χ4n) is 4.30. The highest BCUT2D eigenvalue weighted by molar-refractivity contribution is 5.63. The van der Waals surface area contributed by atoms with Crippen molar-refractivity contribution in [3.63, 3.8) is 0 Å². The molecule has 5 rings (SSSR count). The van der Waals surface area contributed by atoms with Crippen LogP contribution in [0.2, 0.25) is 0 Å². The third-order valence-corrected chi connectivity index (χ3v) is 5.80. The van der Waals surface area contributed by atoms with Crippen molar-refractivity contribution in [3.05, 3.63) is 83.6 Å². The number of pyridine rings is 1. The Kier molecular flexibility index (Phi) is 3.37. The number of rotatable bonds is 4. The summed E-state index contributed by atoms with van der Waals surface area (Å²) >= 11 is 0. The van der Waals surface area contributed by atoms with Gasteiger partial charge in [0.05, 0.1) is 0 Å². The van der Waals surface area contributed by atoms with Gasteiger partial charge in [-0.15, -0.1) is 0 Å². The first-order valence-corrected chi connectivity index (χ1v) is 9.05. The summed E-state index contributed by atoms with van der Waals surface area (Å²) in [6, 6.07) is 21.1. The second kappa shape index (κ2) is 5.73. The van der Waals surface area contributed by atoms with Crippen molar-refractivity contribution in [2.75, 3.05) is 0 Å². The number of fused-ring (bicyclic) bond motifs is 3. The zero-order valence-electron chi connectivity index (χ0n) is 14.4. The van der Waals surface area contributed by atoms with Gasteiger partial charge >= 0.3 is 0 Å². The third-order valence-electron chi connectivity index (χ3n) is 5.80. The molecule has 2 heteroatoms. The predicted octanol–water partition coefficient (Wildman–Crippen LogP) is 5.23. The summed E-state index contributed by atoms with van der Waals surface area (Å²) in [6.45, 7) is 2.90. The highest BCUT2D eigenvalue weighted by atomic mass is 16.5. The Bertz CT molecular complexity index is 918. The smallest absolute Gasteiger partial charge is 0.213 e. The molecule has 1 heterocycles. The molecule has 3 unspecified atom stereocenters. The van der Waals surface area contributed by atoms with E-state index in [1.165, 1.54) is 34.2 Å². The number of ether oxygens (including phenoxy) is 1. The summed E-state index contributed by atoms with van der Waals surface area (Å²) in [5.41, 5.74) is 6.51. The average Bonchev–Trinajstić information content (AvgIpc) is 3.13. The molecule has 0 aliphatic heterocycles. The molecule has 2 aromatic carbocycles. The number of aromatic nitrogens is 1. The Morgan fingerprint density at radius 2 is 1.84 bits per heavy atom. The monoisotopic (exact) mass is 327 g/mol. The van der Waals surface area contributed by atoms with Crippen LogP contribution < -0.4 is 4.74 Å². The van der Waals surface area contributed by atoms with Gasteiger partial charge in [-0.25, -0.2) is 4.98 Å². The zero-order valence-corrected chi connectivity index (χ0v) is 14.4. The molecule has 3 aromatic rings. The van der Waals surface area contributed by atoms with E-state index in [4.69, 9.17) is 4.74 Å². The molecule has 2 nitrogen and oxygen atoms in total. The van der Waals surface area contributed by atoms with Crippen molar-refractivity contribution in [1.29, 1.82) is 0 Å². The van der Waals surface area contributed by atoms with Crippen molar-refractivity contribution < 1.29 is 4.74 Å². The highest BCUT2D eigenvalue weighted by Crippen LogP contribution is 2.61. The summed E-state index contributed by atoms with van der Waals surface area (Å²) < 4.78 is 5.97. The summed E-state index contributed by atoms with van der Waals surface area (Å²) in [7, 11) is 0. The van der Waals surface area contributed by atoms with Gasteiger partial charge in [0.25, 0.3) is 0 Å². The molecule has 2 aliphatic carbocycles. The quantitative estimate of drug-likeness (QED) is 0.654. The maximum Gasteiger partial charge on any atom is 0.213 e. The summed E-state index contributed by atoms with van der Waals surface area (Å²) in [6.07, 6.45) is 3.24. The Hall–Kier alpha value is -2.61. The zero-order chi connectivity index (χ0) is 16.8. The van der Waals surface area contributed by atoms with E-state index < -0.39 is 0 Å². The standard InChI is InChI=1S/C23H21NO/c1-15-20-11-19-12-22(24-13-21(19)23(15)20)25-14-16-6-5-9-18(10-16)17-7-3-2-4-8-17/h2-10,12-13,15,20,23H,11,14H2,1H3. The van der Waals surface area contributed by atoms with Crippen molar-refractivity contribution in [3.8, 4) is 17.0 Å². The summed E-state index contributed by atoms with van der Waals surface area (Å²) in [4.78, 5) is 4.54. The molecule has 0 saturated heterocycles. The lowest BCUT2D eigenvalue weighted by molar-refractivity contribution is 0.293. The second-order valence-corrected chi connectivity index (χ2v) is 7.33. The minimum atomic E-state index is 0.551. The van der Waals surface area contributed by atoms with E-state index in [1.807, 2.05) is 12.3 Å². The van der Waals surface area contributed by atoms with Crippen molar-refractivity contribution in [1.82, 2.24) is 4.98 Å². The molecule has 0 bridgehead atoms. The van der Waals surface area contributed by atoms with Gasteiger partial charge < -0.3 is 4.74 Å². The first-order valence-electron chi connectivity index (χ1n) is 9.05. The number of hydrogen-bond donors (Lipinski definition) is 0. The highest BCUT2D eigenvalue weighted by Gasteiger charge is 2.52. The lowest BCUT2D eigenvalue weighted by Crippen LogP contribution is -2.00. The SMILES string of the molecule is CC1C2Cc3cc(OCc4cccc(-c5ccccc5)c4)ncc3C12. The molecule has 3 atom stereocenters. The molecular formula is C23H21NO. The van der Waals surface area contributed by atoms with Crippen LogP contribution in [0.4, 0.5) is 0 Å². The Morgan fingerprint density at radius 1 is 1.00 bits per heavy atom. The van der Waals surface area contributed by atoms with Crippen LogP contribution in [0.25, 0.3) is 11.1 Å². The summed E-state index contributed by atoms with van der Waals surface area (Å²) in [5.74, 6) is 3.22. The topological polar surface area (TPSA) is 22.1 Å². The first-order chi connectivity index (χ1) is 12.3. The Balaban J connectivity index is 1.31. The summed E-state index contributed by atoms with van der Waals surface area (Å²) in [5, 5.41) is 0. The predicted molar refractivity (Wildman–Crippen MR) is 99.5 cm³/mol. The van der Waals surface area contributed by atoms with E-state index in [-0.39, 0.29) is 0 Å². The molecular weight excluding hydrogens is 306 g/mol. The van der Waals surface area contributed by atoms with Gasteiger partial charge in [-0.1, -0.05) is 55.5 Å². The van der Waals surface area contributed by atoms with Crippen LogP contribution in [0.1, 0.15) is 29.5 Å². The van der Waals surface area contributed by atoms with E-state index in [0.29, 0.717) is 6.61 Å². The second-order valence-electron chi connectivity index (χ2n) is 7.33. The van der Waals surface area contributed by atoms with Crippen LogP contribution in [-0.2, 0) is 13.0 Å². The molecule has 2 aliphatic rings. The van der Waals surface area contributed by atoms with Crippen LogP contribution in [0.3, 0.4) is 0 Å². The van der Waals surface area contributed by atoms with Gasteiger partial charge in [-0.05, 0) is 58.1 Å². The van der Waals surface area contributed by atoms with E-state index in [1.54, 1.807) is 0 Å². The fourth-order valence-corrected chi connectivity index (χ4v) is 4.30. The van der Waals surface area contributed by atoms with E-state index in [2.05, 4.69) is 66.5 Å². The minimum Gasteiger partial charge on any atom is -0.473 e. The van der Waals surface area contributed by atoms with Crippen LogP contribution in [0.5, 0.6) is 5.88 Å². The van der Waals surface area contributed by atoms with Gasteiger partial charge in [-0.2, -0.15) is 0 Å². The molecule has 1 saturated carbocycles. The Morgan fingerprint density at radius 3 is 2.72 bits per heavy atom. The van der Waals surface area contributed by atoms with Crippen LogP contribution in [0, 0.1) is 11.8 Å². The largest absolute Gasteiger partial charge is 0.473 e. The maximum absolute atomic E-state index is 5.97. The van der Waals surface area contributed by atoms with Gasteiger partial charge in [0.15, 0.2) is 0 Å². The first kappa shape index (κ1) is 14.7. The van der Waals surface area contributed by atoms with E-state index in [9.17, 15) is 0 Å². The van der Waals surface area contributed by atoms with Crippen LogP contribution in [-0.4, -0.2) is 4.98 Å². The van der Waals surface area contributed by atoms with Gasteiger partial charge in [0, 0.05) is 12.3 Å². The van der Waals surface area contributed by atoms with Gasteiger partial charge in [0.1, 0.15) is 6.61 Å². The van der Waals surface area contributed by atoms with E-state index >= 15 is 0 Å². The Labute approximate surface area is 148 Å². The molecule has 25 heavy (non-hydrogen) atoms. The lowest BCUT2D eigenvalue weighted by Gasteiger charge is -2.10. The van der Waals surface area contributed by atoms with Crippen LogP contribution >= 0.6 is 0 Å². The molecule has 1 aromatic heterocycles. The fraction of sp³-hybridized carbons (Fsp3) is 0.261. The molecule has 0 radical (unpaired) electrons. The normalized spacial score (nSPS) is 23.0. The molecule has 0 amide bonds. The molecule has 0 spiro atoms. The number of nitrogens with zero attached hydrogens (tertiary/aromatic N) is 1. The lowest BCUT2D eigenvalue weighted by atomic mass is 10.0. The van der Waals surface area contributed by atoms with Crippen molar-refractivity contribution in [2.24, 2.45) is 11.8 Å². The maximum atomic E-state index is 5.97. The molecule has 1 fully saturated rings. The van der Waals surface area contributed by atoms with Crippen molar-refractivity contribution >= 4 is 0 Å². The van der Waals surface area contributed by atoms with Gasteiger partial charge in [-0.3, -0.25) is 0 Å². The number of benzene rings is 2. The third kappa shape index (κ3) is 2.62. The van der Waals surface area contributed by atoms with E-state index in [0.717, 1.165) is 23.6 Å². The van der Waals surface area contributed by atoms with Crippen molar-refractivity contribution in [2.45, 2.75) is 25.9 Å². The van der Waals surface area contributed by atoms with Gasteiger partial charge in [0.2, 0.25) is 5.88 Å².